The summed E-state index contributed by atoms with van der Waals surface area (Å²) in [7, 11) is 0. The van der Waals surface area contributed by atoms with Gasteiger partial charge in [0.05, 0.1) is 12.5 Å². The van der Waals surface area contributed by atoms with Crippen LogP contribution in [0.4, 0.5) is 4.79 Å². The quantitative estimate of drug-likeness (QED) is 0.100. The second-order valence-corrected chi connectivity index (χ2v) is 13.1. The summed E-state index contributed by atoms with van der Waals surface area (Å²) in [5, 5.41) is 6.07. The molecule has 1 aliphatic carbocycles. The largest absolute Gasteiger partial charge is 0.449 e. The number of carbonyl (C=O) groups is 3. The van der Waals surface area contributed by atoms with Crippen molar-refractivity contribution >= 4 is 17.8 Å². The van der Waals surface area contributed by atoms with Crippen LogP contribution in [0.2, 0.25) is 0 Å². The lowest BCUT2D eigenvalue weighted by atomic mass is 9.77. The van der Waals surface area contributed by atoms with Gasteiger partial charge in [-0.15, -0.1) is 6.42 Å². The molecule has 0 radical (unpaired) electrons. The van der Waals surface area contributed by atoms with E-state index in [9.17, 15) is 14.4 Å². The first kappa shape index (κ1) is 34.7. The third-order valence-electron chi connectivity index (χ3n) is 9.86. The average Bonchev–Trinajstić information content (AvgIpc) is 3.53. The van der Waals surface area contributed by atoms with E-state index in [0.29, 0.717) is 11.1 Å². The molecule has 0 aliphatic heterocycles. The number of nitrogens with one attached hydrogen (secondary N) is 2. The Balaban J connectivity index is 1.16. The number of carbonyl (C=O) groups excluding carboxylic acids is 3. The summed E-state index contributed by atoms with van der Waals surface area (Å²) in [4.78, 5) is 42.0. The van der Waals surface area contributed by atoms with Gasteiger partial charge in [0.1, 0.15) is 12.1 Å². The van der Waals surface area contributed by atoms with Crippen molar-refractivity contribution in [3.05, 3.63) is 203 Å². The van der Waals surface area contributed by atoms with Gasteiger partial charge in [-0.2, -0.15) is 0 Å². The van der Waals surface area contributed by atoms with Gasteiger partial charge >= 0.3 is 6.09 Å². The van der Waals surface area contributed by atoms with Crippen LogP contribution in [0.3, 0.4) is 0 Å². The second kappa shape index (κ2) is 15.7. The molecule has 0 saturated carbocycles. The molecule has 0 heterocycles. The molecule has 0 unspecified atom stereocenters. The first-order valence-corrected chi connectivity index (χ1v) is 17.6. The number of hydrogen-bond acceptors (Lipinski definition) is 4. The summed E-state index contributed by atoms with van der Waals surface area (Å²) < 4.78 is 5.84. The van der Waals surface area contributed by atoms with Crippen LogP contribution in [0.1, 0.15) is 51.3 Å². The number of Topliss-reactive ketones (excluding diaryl/α,β-unsaturated/α-hetero) is 1. The molecule has 0 saturated heterocycles. The maximum atomic E-state index is 14.4. The highest BCUT2D eigenvalue weighted by Crippen LogP contribution is 2.44. The fourth-order valence-electron chi connectivity index (χ4n) is 7.30. The number of hydrogen-bond donors (Lipinski definition) is 2. The molecule has 6 nitrogen and oxygen atoms in total. The monoisotopic (exact) mass is 694 g/mol. The van der Waals surface area contributed by atoms with Crippen LogP contribution >= 0.6 is 0 Å². The lowest BCUT2D eigenvalue weighted by Gasteiger charge is -2.37. The number of fused-ring (bicyclic) bond motifs is 3. The molecule has 1 aliphatic rings. The molecule has 7 rings (SSSR count). The Kier molecular flexibility index (Phi) is 10.3. The van der Waals surface area contributed by atoms with Gasteiger partial charge in [-0.05, 0) is 56.6 Å². The van der Waals surface area contributed by atoms with Gasteiger partial charge in [-0.25, -0.2) is 4.79 Å². The van der Waals surface area contributed by atoms with Gasteiger partial charge in [0, 0.05) is 17.9 Å². The highest BCUT2D eigenvalue weighted by molar-refractivity contribution is 5.94. The van der Waals surface area contributed by atoms with E-state index in [2.05, 4.69) is 28.7 Å². The molecule has 2 amide bonds. The lowest BCUT2D eigenvalue weighted by Crippen LogP contribution is -2.51. The van der Waals surface area contributed by atoms with Gasteiger partial charge < -0.3 is 15.4 Å². The number of terminal acetylenes is 1. The Hall–Kier alpha value is -6.71. The third-order valence-corrected chi connectivity index (χ3v) is 9.86. The first-order valence-electron chi connectivity index (χ1n) is 17.6. The SMILES string of the molecule is C#Cc1ccc(CC(=O)[C@H](CC(=O)NC(c2ccccc2)(c2ccccc2)c2ccccc2)NC(=O)OCC2c3ccccc3-c3ccccc32)cc1. The zero-order valence-corrected chi connectivity index (χ0v) is 29.1. The van der Waals surface area contributed by atoms with Crippen LogP contribution < -0.4 is 10.6 Å². The predicted molar refractivity (Wildman–Crippen MR) is 207 cm³/mol. The zero-order valence-electron chi connectivity index (χ0n) is 29.1. The van der Waals surface area contributed by atoms with Crippen molar-refractivity contribution in [1.29, 1.82) is 0 Å². The smallest absolute Gasteiger partial charge is 0.407 e. The molecule has 0 fully saturated rings. The van der Waals surface area contributed by atoms with Crippen LogP contribution in [0.15, 0.2) is 164 Å². The number of benzene rings is 6. The van der Waals surface area contributed by atoms with Crippen molar-refractivity contribution in [2.45, 2.75) is 30.3 Å². The van der Waals surface area contributed by atoms with Crippen molar-refractivity contribution in [2.24, 2.45) is 0 Å². The molecule has 53 heavy (non-hydrogen) atoms. The number of rotatable bonds is 12. The number of ketones is 1. The Morgan fingerprint density at radius 2 is 1.11 bits per heavy atom. The Bertz CT molecular complexity index is 2120. The summed E-state index contributed by atoms with van der Waals surface area (Å²) in [6.45, 7) is 0.0691. The van der Waals surface area contributed by atoms with E-state index in [0.717, 1.165) is 38.9 Å². The van der Waals surface area contributed by atoms with Gasteiger partial charge in [0.2, 0.25) is 5.91 Å². The molecule has 6 heteroatoms. The molecule has 6 aromatic carbocycles. The molecule has 0 bridgehead atoms. The van der Waals surface area contributed by atoms with E-state index in [1.165, 1.54) is 0 Å². The minimum Gasteiger partial charge on any atom is -0.449 e. The first-order chi connectivity index (χ1) is 26.0. The normalized spacial score (nSPS) is 12.4. The van der Waals surface area contributed by atoms with E-state index in [-0.39, 0.29) is 31.1 Å². The predicted octanol–water partition coefficient (Wildman–Crippen LogP) is 8.19. The summed E-state index contributed by atoms with van der Waals surface area (Å²) in [5.41, 5.74) is 7.18. The fourth-order valence-corrected chi connectivity index (χ4v) is 7.30. The molecule has 0 aromatic heterocycles. The Morgan fingerprint density at radius 3 is 1.60 bits per heavy atom. The van der Waals surface area contributed by atoms with Crippen LogP contribution in [0, 0.1) is 12.3 Å². The highest BCUT2D eigenvalue weighted by Gasteiger charge is 2.39. The molecular weight excluding hydrogens is 657 g/mol. The van der Waals surface area contributed by atoms with Crippen molar-refractivity contribution in [3.63, 3.8) is 0 Å². The average molecular weight is 695 g/mol. The van der Waals surface area contributed by atoms with Crippen molar-refractivity contribution in [1.82, 2.24) is 10.6 Å². The molecule has 1 atom stereocenters. The molecule has 2 N–H and O–H groups in total. The second-order valence-electron chi connectivity index (χ2n) is 13.1. The van der Waals surface area contributed by atoms with Crippen LogP contribution in [-0.4, -0.2) is 30.4 Å². The fraction of sp³-hybridized carbons (Fsp3) is 0.128. The van der Waals surface area contributed by atoms with E-state index in [1.807, 2.05) is 127 Å². The van der Waals surface area contributed by atoms with Gasteiger partial charge in [0.15, 0.2) is 5.78 Å². The topological polar surface area (TPSA) is 84.5 Å². The Morgan fingerprint density at radius 1 is 0.642 bits per heavy atom. The van der Waals surface area contributed by atoms with Crippen molar-refractivity contribution in [2.75, 3.05) is 6.61 Å². The van der Waals surface area contributed by atoms with Crippen molar-refractivity contribution in [3.8, 4) is 23.5 Å². The molecular formula is C47H38N2O4. The van der Waals surface area contributed by atoms with Crippen LogP contribution in [-0.2, 0) is 26.3 Å². The zero-order chi connectivity index (χ0) is 36.6. The minimum atomic E-state index is -1.18. The van der Waals surface area contributed by atoms with E-state index in [1.54, 1.807) is 24.3 Å². The molecule has 0 spiro atoms. The summed E-state index contributed by atoms with van der Waals surface area (Å²) in [6, 6.07) is 51.2. The van der Waals surface area contributed by atoms with Crippen LogP contribution in [0.25, 0.3) is 11.1 Å². The van der Waals surface area contributed by atoms with E-state index < -0.39 is 23.6 Å². The summed E-state index contributed by atoms with van der Waals surface area (Å²) in [5.74, 6) is 1.65. The maximum absolute atomic E-state index is 14.4. The van der Waals surface area contributed by atoms with Crippen LogP contribution in [0.5, 0.6) is 0 Å². The number of amides is 2. The minimum absolute atomic E-state index is 0.0202. The van der Waals surface area contributed by atoms with Gasteiger partial charge in [-0.1, -0.05) is 158 Å². The highest BCUT2D eigenvalue weighted by atomic mass is 16.5. The number of alkyl carbamates (subject to hydrolysis) is 1. The number of ether oxygens (including phenoxy) is 1. The van der Waals surface area contributed by atoms with Crippen molar-refractivity contribution < 1.29 is 19.1 Å². The maximum Gasteiger partial charge on any atom is 0.407 e. The lowest BCUT2D eigenvalue weighted by molar-refractivity contribution is -0.127. The van der Waals surface area contributed by atoms with Gasteiger partial charge in [-0.3, -0.25) is 9.59 Å². The summed E-state index contributed by atoms with van der Waals surface area (Å²) >= 11 is 0. The van der Waals surface area contributed by atoms with Gasteiger partial charge in [0.25, 0.3) is 0 Å². The molecule has 260 valence electrons. The summed E-state index contributed by atoms with van der Waals surface area (Å²) in [6.07, 6.45) is 4.42. The third kappa shape index (κ3) is 7.37. The Labute approximate surface area is 309 Å². The molecule has 6 aromatic rings. The van der Waals surface area contributed by atoms with E-state index >= 15 is 0 Å². The standard InChI is InChI=1S/C47H38N2O4/c1-2-33-26-28-34(29-27-33)30-44(50)43(48-46(52)53-32-42-40-24-14-12-22-38(40)39-23-13-15-25-41(39)42)31-45(51)49-47(35-16-6-3-7-17-35,36-18-8-4-9-19-36)37-20-10-5-11-21-37/h1,3-29,42-43H,30-32H2,(H,48,52)(H,49,51)/t43-/m0/s1. The van der Waals surface area contributed by atoms with E-state index in [4.69, 9.17) is 11.2 Å².